The van der Waals surface area contributed by atoms with Crippen LogP contribution in [0.1, 0.15) is 46.1 Å². The van der Waals surface area contributed by atoms with Crippen LogP contribution in [0, 0.1) is 0 Å². The van der Waals surface area contributed by atoms with Gasteiger partial charge < -0.3 is 24.6 Å². The average molecular weight is 614 g/mol. The first-order valence-corrected chi connectivity index (χ1v) is 15.8. The molecular formula is C36H47N5O4. The van der Waals surface area contributed by atoms with E-state index in [4.69, 9.17) is 14.5 Å². The van der Waals surface area contributed by atoms with Gasteiger partial charge in [-0.3, -0.25) is 14.2 Å². The highest BCUT2D eigenvalue weighted by Gasteiger charge is 2.18. The predicted molar refractivity (Wildman–Crippen MR) is 182 cm³/mol. The number of nitrogens with zero attached hydrogens (tertiary/aromatic N) is 4. The van der Waals surface area contributed by atoms with Crippen molar-refractivity contribution in [3.05, 3.63) is 82.6 Å². The molecule has 0 unspecified atom stereocenters. The number of hydrogen-bond donors (Lipinski definition) is 1. The van der Waals surface area contributed by atoms with Crippen LogP contribution in [0.2, 0.25) is 0 Å². The summed E-state index contributed by atoms with van der Waals surface area (Å²) in [6.07, 6.45) is 2.11. The van der Waals surface area contributed by atoms with Gasteiger partial charge in [0.2, 0.25) is 5.91 Å². The number of fused-ring (bicyclic) bond motifs is 1. The Hall–Kier alpha value is -4.37. The fourth-order valence-corrected chi connectivity index (χ4v) is 5.53. The highest BCUT2D eigenvalue weighted by molar-refractivity contribution is 5.85. The molecular weight excluding hydrogens is 566 g/mol. The molecule has 0 atom stereocenters. The van der Waals surface area contributed by atoms with Crippen molar-refractivity contribution in [1.82, 2.24) is 19.8 Å². The third-order valence-corrected chi connectivity index (χ3v) is 7.80. The van der Waals surface area contributed by atoms with Gasteiger partial charge in [-0.05, 0) is 94.4 Å². The number of rotatable bonds is 16. The van der Waals surface area contributed by atoms with Gasteiger partial charge in [-0.2, -0.15) is 0 Å². The van der Waals surface area contributed by atoms with Gasteiger partial charge in [0.15, 0.2) is 0 Å². The Kier molecular flexibility index (Phi) is 12.0. The minimum Gasteiger partial charge on any atom is -0.497 e. The minimum atomic E-state index is -0.261. The number of carbonyl (C=O) groups excluding carboxylic acids is 1. The number of nitrogens with one attached hydrogen (secondary N) is 1. The first kappa shape index (κ1) is 33.5. The van der Waals surface area contributed by atoms with E-state index in [-0.39, 0.29) is 24.1 Å². The zero-order chi connectivity index (χ0) is 32.3. The summed E-state index contributed by atoms with van der Waals surface area (Å²) in [6, 6.07) is 21.3. The maximum absolute atomic E-state index is 14.2. The highest BCUT2D eigenvalue weighted by Crippen LogP contribution is 2.26. The van der Waals surface area contributed by atoms with E-state index in [9.17, 15) is 9.59 Å². The van der Waals surface area contributed by atoms with Crippen molar-refractivity contribution in [2.45, 2.75) is 59.7 Å². The largest absolute Gasteiger partial charge is 0.497 e. The van der Waals surface area contributed by atoms with Gasteiger partial charge in [0.25, 0.3) is 5.56 Å². The number of carbonyl (C=O) groups is 1. The van der Waals surface area contributed by atoms with Crippen LogP contribution in [0.25, 0.3) is 22.3 Å². The van der Waals surface area contributed by atoms with Crippen molar-refractivity contribution >= 4 is 22.5 Å². The molecule has 9 heteroatoms. The Morgan fingerprint density at radius 1 is 0.933 bits per heavy atom. The van der Waals surface area contributed by atoms with Crippen molar-refractivity contribution in [2.24, 2.45) is 0 Å². The molecule has 45 heavy (non-hydrogen) atoms. The van der Waals surface area contributed by atoms with E-state index in [0.717, 1.165) is 56.0 Å². The monoisotopic (exact) mass is 613 g/mol. The number of hydrogen-bond acceptors (Lipinski definition) is 7. The van der Waals surface area contributed by atoms with Gasteiger partial charge in [-0.25, -0.2) is 4.98 Å². The number of anilines is 1. The number of amides is 1. The first-order chi connectivity index (χ1) is 21.8. The molecule has 0 aliphatic heterocycles. The Morgan fingerprint density at radius 3 is 2.36 bits per heavy atom. The Labute approximate surface area is 266 Å². The zero-order valence-electron chi connectivity index (χ0n) is 27.5. The van der Waals surface area contributed by atoms with E-state index >= 15 is 0 Å². The summed E-state index contributed by atoms with van der Waals surface area (Å²) in [5.41, 5.74) is 3.09. The maximum Gasteiger partial charge on any atom is 0.262 e. The molecule has 0 aliphatic rings. The van der Waals surface area contributed by atoms with Crippen LogP contribution in [-0.2, 0) is 17.9 Å². The third kappa shape index (κ3) is 8.85. The summed E-state index contributed by atoms with van der Waals surface area (Å²) < 4.78 is 12.3. The lowest BCUT2D eigenvalue weighted by Crippen LogP contribution is -2.37. The third-order valence-electron chi connectivity index (χ3n) is 7.80. The summed E-state index contributed by atoms with van der Waals surface area (Å²) in [6.45, 7) is 12.7. The summed E-state index contributed by atoms with van der Waals surface area (Å²) in [5.74, 6) is 1.63. The van der Waals surface area contributed by atoms with Crippen LogP contribution in [-0.4, -0.2) is 66.8 Å². The second-order valence-corrected chi connectivity index (χ2v) is 11.5. The molecule has 0 saturated carbocycles. The maximum atomic E-state index is 14.2. The smallest absolute Gasteiger partial charge is 0.262 e. The second-order valence-electron chi connectivity index (χ2n) is 11.5. The molecule has 0 aliphatic carbocycles. The average Bonchev–Trinajstić information content (AvgIpc) is 3.04. The van der Waals surface area contributed by atoms with Crippen LogP contribution in [0.5, 0.6) is 11.5 Å². The Bertz CT molecular complexity index is 1620. The van der Waals surface area contributed by atoms with Crippen molar-refractivity contribution in [1.29, 1.82) is 0 Å². The second kappa shape index (κ2) is 16.1. The molecule has 1 heterocycles. The lowest BCUT2D eigenvalue weighted by Gasteiger charge is -2.27. The Balaban J connectivity index is 1.77. The van der Waals surface area contributed by atoms with Crippen molar-refractivity contribution in [3.8, 4) is 22.9 Å². The van der Waals surface area contributed by atoms with Crippen LogP contribution < -0.4 is 25.2 Å². The molecule has 1 aromatic heterocycles. The molecule has 3 aromatic carbocycles. The van der Waals surface area contributed by atoms with E-state index in [2.05, 4.69) is 41.1 Å². The van der Waals surface area contributed by atoms with Gasteiger partial charge in [0.05, 0.1) is 25.1 Å². The molecule has 0 spiro atoms. The molecule has 4 aromatic rings. The molecule has 0 radical (unpaired) electrons. The summed E-state index contributed by atoms with van der Waals surface area (Å²) >= 11 is 0. The van der Waals surface area contributed by atoms with E-state index in [1.165, 1.54) is 4.57 Å². The van der Waals surface area contributed by atoms with E-state index in [0.29, 0.717) is 34.6 Å². The van der Waals surface area contributed by atoms with Crippen molar-refractivity contribution in [3.63, 3.8) is 0 Å². The van der Waals surface area contributed by atoms with Gasteiger partial charge in [0.1, 0.15) is 23.9 Å². The summed E-state index contributed by atoms with van der Waals surface area (Å²) in [7, 11) is 3.26. The number of aromatic nitrogens is 2. The van der Waals surface area contributed by atoms with Crippen LogP contribution >= 0.6 is 0 Å². The van der Waals surface area contributed by atoms with Gasteiger partial charge in [0, 0.05) is 30.4 Å². The zero-order valence-corrected chi connectivity index (χ0v) is 27.5. The normalized spacial score (nSPS) is 11.3. The highest BCUT2D eigenvalue weighted by atomic mass is 16.5. The number of ether oxygens (including phenoxy) is 2. The number of benzene rings is 3. The molecule has 1 N–H and O–H groups in total. The van der Waals surface area contributed by atoms with E-state index in [1.54, 1.807) is 14.2 Å². The Morgan fingerprint density at radius 2 is 1.69 bits per heavy atom. The molecule has 4 rings (SSSR count). The van der Waals surface area contributed by atoms with Crippen LogP contribution in [0.3, 0.4) is 0 Å². The molecule has 9 nitrogen and oxygen atoms in total. The predicted octanol–water partition coefficient (Wildman–Crippen LogP) is 5.73. The molecule has 0 bridgehead atoms. The summed E-state index contributed by atoms with van der Waals surface area (Å²) in [5, 5.41) is 3.38. The fourth-order valence-electron chi connectivity index (χ4n) is 5.53. The molecule has 240 valence electrons. The van der Waals surface area contributed by atoms with Crippen LogP contribution in [0.15, 0.2) is 71.5 Å². The van der Waals surface area contributed by atoms with Crippen molar-refractivity contribution in [2.75, 3.05) is 45.3 Å². The lowest BCUT2D eigenvalue weighted by atomic mass is 10.1. The van der Waals surface area contributed by atoms with E-state index in [1.807, 2.05) is 68.4 Å². The minimum absolute atomic E-state index is 0.0547. The summed E-state index contributed by atoms with van der Waals surface area (Å²) in [4.78, 5) is 36.8. The standard InChI is InChI=1S/C36H47N5O4/c1-7-19-39(8-2)20-10-21-40(24-27-13-16-30(44-5)17-14-27)29-15-18-33-32(23-29)36(43)41(25-34(42)37-26(3)4)35(38-33)28-11-9-12-31(22-28)45-6/h9,11-18,22-23,26H,7-8,10,19-21,24-25H2,1-6H3,(H,37,42). The topological polar surface area (TPSA) is 88.9 Å². The van der Waals surface area contributed by atoms with Gasteiger partial charge in [-0.15, -0.1) is 0 Å². The van der Waals surface area contributed by atoms with Crippen molar-refractivity contribution < 1.29 is 14.3 Å². The SMILES string of the molecule is CCCN(CC)CCCN(Cc1ccc(OC)cc1)c1ccc2nc(-c3cccc(OC)c3)n(CC(=O)NC(C)C)c(=O)c2c1. The fraction of sp³-hybridized carbons (Fsp3) is 0.417. The van der Waals surface area contributed by atoms with Gasteiger partial charge >= 0.3 is 0 Å². The first-order valence-electron chi connectivity index (χ1n) is 15.8. The molecule has 1 amide bonds. The van der Waals surface area contributed by atoms with Crippen LogP contribution in [0.4, 0.5) is 5.69 Å². The van der Waals surface area contributed by atoms with Gasteiger partial charge in [-0.1, -0.05) is 38.1 Å². The quantitative estimate of drug-likeness (QED) is 0.173. The lowest BCUT2D eigenvalue weighted by molar-refractivity contribution is -0.122. The molecule has 0 saturated heterocycles. The number of methoxy groups -OCH3 is 2. The molecule has 0 fully saturated rings. The van der Waals surface area contributed by atoms with E-state index < -0.39 is 0 Å².